The average Bonchev–Trinajstić information content (AvgIpc) is 2.35. The van der Waals surface area contributed by atoms with E-state index in [1.54, 1.807) is 11.1 Å². The highest BCUT2D eigenvalue weighted by Crippen LogP contribution is 2.25. The van der Waals surface area contributed by atoms with Crippen LogP contribution >= 0.6 is 0 Å². The average molecular weight is 278 g/mol. The number of rotatable bonds is 5. The molecule has 1 amide bonds. The van der Waals surface area contributed by atoms with Gasteiger partial charge in [-0.2, -0.15) is 0 Å². The van der Waals surface area contributed by atoms with Crippen molar-refractivity contribution in [2.75, 3.05) is 19.7 Å². The smallest absolute Gasteiger partial charge is 0.329 e. The molecular formula is C14H18N2O4. The van der Waals surface area contributed by atoms with E-state index in [9.17, 15) is 9.59 Å². The lowest BCUT2D eigenvalue weighted by molar-refractivity contribution is -0.172. The Labute approximate surface area is 117 Å². The van der Waals surface area contributed by atoms with Crippen LogP contribution in [0, 0.1) is 6.92 Å². The van der Waals surface area contributed by atoms with E-state index in [0.29, 0.717) is 13.1 Å². The van der Waals surface area contributed by atoms with Gasteiger partial charge in [-0.15, -0.1) is 0 Å². The minimum absolute atomic E-state index is 0.0109. The van der Waals surface area contributed by atoms with Gasteiger partial charge in [0.15, 0.2) is 0 Å². The Morgan fingerprint density at radius 1 is 1.50 bits per heavy atom. The first kappa shape index (κ1) is 14.5. The number of carboxylic acid groups (broad SMARTS) is 1. The number of aromatic nitrogens is 1. The Morgan fingerprint density at radius 3 is 2.80 bits per heavy atom. The van der Waals surface area contributed by atoms with E-state index >= 15 is 0 Å². The summed E-state index contributed by atoms with van der Waals surface area (Å²) in [4.78, 5) is 28.4. The number of pyridine rings is 1. The molecule has 0 aliphatic carbocycles. The predicted octanol–water partition coefficient (Wildman–Crippen LogP) is 0.635. The Morgan fingerprint density at radius 2 is 2.20 bits per heavy atom. The second-order valence-corrected chi connectivity index (χ2v) is 5.33. The van der Waals surface area contributed by atoms with Crippen molar-refractivity contribution in [2.45, 2.75) is 25.9 Å². The van der Waals surface area contributed by atoms with E-state index in [-0.39, 0.29) is 18.9 Å². The Kier molecular flexibility index (Phi) is 4.04. The molecule has 2 rings (SSSR count). The van der Waals surface area contributed by atoms with Crippen LogP contribution in [0.4, 0.5) is 0 Å². The molecule has 0 radical (unpaired) electrons. The molecule has 1 aliphatic rings. The molecule has 1 aromatic heterocycles. The monoisotopic (exact) mass is 278 g/mol. The van der Waals surface area contributed by atoms with Gasteiger partial charge < -0.3 is 14.7 Å². The van der Waals surface area contributed by atoms with Gasteiger partial charge >= 0.3 is 5.97 Å². The van der Waals surface area contributed by atoms with E-state index in [1.165, 1.54) is 0 Å². The van der Waals surface area contributed by atoms with Crippen molar-refractivity contribution >= 4 is 11.9 Å². The van der Waals surface area contributed by atoms with E-state index in [4.69, 9.17) is 9.84 Å². The third kappa shape index (κ3) is 3.33. The molecule has 1 aliphatic heterocycles. The fourth-order valence-electron chi connectivity index (χ4n) is 2.22. The van der Waals surface area contributed by atoms with Crippen molar-refractivity contribution in [3.8, 4) is 0 Å². The topological polar surface area (TPSA) is 79.7 Å². The molecule has 0 aromatic carbocycles. The number of nitrogens with zero attached hydrogens (tertiary/aromatic N) is 2. The summed E-state index contributed by atoms with van der Waals surface area (Å²) in [5.41, 5.74) is 1.22. The second-order valence-electron chi connectivity index (χ2n) is 5.33. The van der Waals surface area contributed by atoms with Crippen LogP contribution in [0.3, 0.4) is 0 Å². The van der Waals surface area contributed by atoms with Crippen molar-refractivity contribution in [1.82, 2.24) is 9.88 Å². The van der Waals surface area contributed by atoms with Crippen LogP contribution in [0.15, 0.2) is 18.3 Å². The lowest BCUT2D eigenvalue weighted by atomic mass is 9.95. The highest BCUT2D eigenvalue weighted by atomic mass is 16.5. The molecule has 108 valence electrons. The Bertz CT molecular complexity index is 524. The van der Waals surface area contributed by atoms with Gasteiger partial charge in [-0.1, -0.05) is 6.07 Å². The molecule has 6 heteroatoms. The molecule has 1 fully saturated rings. The van der Waals surface area contributed by atoms with Gasteiger partial charge in [-0.25, -0.2) is 4.79 Å². The van der Waals surface area contributed by atoms with Crippen molar-refractivity contribution in [3.05, 3.63) is 29.6 Å². The van der Waals surface area contributed by atoms with Crippen LogP contribution in [0.1, 0.15) is 18.2 Å². The van der Waals surface area contributed by atoms with Gasteiger partial charge in [0.05, 0.1) is 25.2 Å². The van der Waals surface area contributed by atoms with Crippen molar-refractivity contribution in [2.24, 2.45) is 0 Å². The normalized spacial score (nSPS) is 16.6. The number of hydrogen-bond acceptors (Lipinski definition) is 4. The lowest BCUT2D eigenvalue weighted by Gasteiger charge is -2.47. The number of aliphatic carboxylic acids is 1. The summed E-state index contributed by atoms with van der Waals surface area (Å²) in [6, 6.07) is 3.76. The molecule has 0 unspecified atom stereocenters. The molecular weight excluding hydrogens is 260 g/mol. The highest BCUT2D eigenvalue weighted by Gasteiger charge is 2.42. The first-order valence-corrected chi connectivity index (χ1v) is 6.44. The SMILES string of the molecule is Cc1cccnc1CC(=O)N1CC(C)(OCC(=O)O)C1. The summed E-state index contributed by atoms with van der Waals surface area (Å²) in [5.74, 6) is -1.01. The van der Waals surface area contributed by atoms with Gasteiger partial charge in [0.25, 0.3) is 0 Å². The minimum atomic E-state index is -1.000. The van der Waals surface area contributed by atoms with Crippen LogP contribution in [-0.2, 0) is 20.7 Å². The van der Waals surface area contributed by atoms with Crippen LogP contribution in [-0.4, -0.2) is 52.2 Å². The molecule has 20 heavy (non-hydrogen) atoms. The zero-order valence-electron chi connectivity index (χ0n) is 11.6. The summed E-state index contributed by atoms with van der Waals surface area (Å²) >= 11 is 0. The molecule has 0 bridgehead atoms. The molecule has 1 N–H and O–H groups in total. The summed E-state index contributed by atoms with van der Waals surface area (Å²) in [7, 11) is 0. The number of amides is 1. The third-order valence-corrected chi connectivity index (χ3v) is 3.38. The van der Waals surface area contributed by atoms with E-state index < -0.39 is 11.6 Å². The Hall–Kier alpha value is -1.95. The third-order valence-electron chi connectivity index (χ3n) is 3.38. The summed E-state index contributed by atoms with van der Waals surface area (Å²) in [6.07, 6.45) is 1.94. The van der Waals surface area contributed by atoms with E-state index in [0.717, 1.165) is 11.3 Å². The molecule has 1 saturated heterocycles. The van der Waals surface area contributed by atoms with Crippen LogP contribution in [0.5, 0.6) is 0 Å². The van der Waals surface area contributed by atoms with Crippen molar-refractivity contribution in [3.63, 3.8) is 0 Å². The summed E-state index contributed by atoms with van der Waals surface area (Å²) in [5, 5.41) is 8.58. The number of carbonyl (C=O) groups excluding carboxylic acids is 1. The second kappa shape index (κ2) is 5.58. The van der Waals surface area contributed by atoms with Crippen molar-refractivity contribution in [1.29, 1.82) is 0 Å². The van der Waals surface area contributed by atoms with Gasteiger partial charge in [-0.3, -0.25) is 9.78 Å². The minimum Gasteiger partial charge on any atom is -0.480 e. The number of hydrogen-bond donors (Lipinski definition) is 1. The van der Waals surface area contributed by atoms with Crippen LogP contribution < -0.4 is 0 Å². The first-order chi connectivity index (χ1) is 9.39. The predicted molar refractivity (Wildman–Crippen MR) is 71.3 cm³/mol. The van der Waals surface area contributed by atoms with Crippen molar-refractivity contribution < 1.29 is 19.4 Å². The maximum atomic E-state index is 12.1. The largest absolute Gasteiger partial charge is 0.480 e. The molecule has 6 nitrogen and oxygen atoms in total. The van der Waals surface area contributed by atoms with Gasteiger partial charge in [0, 0.05) is 6.20 Å². The van der Waals surface area contributed by atoms with Gasteiger partial charge in [0.2, 0.25) is 5.91 Å². The zero-order chi connectivity index (χ0) is 14.8. The van der Waals surface area contributed by atoms with Crippen LogP contribution in [0.25, 0.3) is 0 Å². The summed E-state index contributed by atoms with van der Waals surface area (Å²) < 4.78 is 5.27. The highest BCUT2D eigenvalue weighted by molar-refractivity contribution is 5.79. The molecule has 1 aromatic rings. The number of carbonyl (C=O) groups is 2. The quantitative estimate of drug-likeness (QED) is 0.854. The number of aryl methyl sites for hydroxylation is 1. The molecule has 0 atom stereocenters. The zero-order valence-corrected chi connectivity index (χ0v) is 11.6. The number of likely N-dealkylation sites (tertiary alicyclic amines) is 1. The fraction of sp³-hybridized carbons (Fsp3) is 0.500. The summed E-state index contributed by atoms with van der Waals surface area (Å²) in [6.45, 7) is 4.24. The maximum absolute atomic E-state index is 12.1. The molecule has 0 spiro atoms. The van der Waals surface area contributed by atoms with E-state index in [2.05, 4.69) is 4.98 Å². The maximum Gasteiger partial charge on any atom is 0.329 e. The standard InChI is InChI=1S/C14H18N2O4/c1-10-4-3-5-15-11(10)6-12(17)16-8-14(2,9-16)20-7-13(18)19/h3-5H,6-9H2,1-2H3,(H,18,19). The van der Waals surface area contributed by atoms with Gasteiger partial charge in [0.1, 0.15) is 12.2 Å². The van der Waals surface area contributed by atoms with E-state index in [1.807, 2.05) is 26.0 Å². The Balaban J connectivity index is 1.85. The number of ether oxygens (including phenoxy) is 1. The molecule has 0 saturated carbocycles. The van der Waals surface area contributed by atoms with Crippen LogP contribution in [0.2, 0.25) is 0 Å². The fourth-order valence-corrected chi connectivity index (χ4v) is 2.22. The lowest BCUT2D eigenvalue weighted by Crippen LogP contribution is -2.63. The molecule has 2 heterocycles. The van der Waals surface area contributed by atoms with Gasteiger partial charge in [-0.05, 0) is 25.5 Å². The first-order valence-electron chi connectivity index (χ1n) is 6.44. The number of carboxylic acids is 1.